The van der Waals surface area contributed by atoms with Gasteiger partial charge in [-0.2, -0.15) is 0 Å². The lowest BCUT2D eigenvalue weighted by Gasteiger charge is -2.15. The zero-order chi connectivity index (χ0) is 16.4. The summed E-state index contributed by atoms with van der Waals surface area (Å²) >= 11 is 0. The van der Waals surface area contributed by atoms with Crippen molar-refractivity contribution in [2.75, 3.05) is 0 Å². The van der Waals surface area contributed by atoms with Crippen molar-refractivity contribution >= 4 is 5.91 Å². The van der Waals surface area contributed by atoms with Gasteiger partial charge in [0.15, 0.2) is 0 Å². The number of amides is 1. The van der Waals surface area contributed by atoms with E-state index < -0.39 is 0 Å². The molecule has 2 aromatic carbocycles. The quantitative estimate of drug-likeness (QED) is 0.757. The van der Waals surface area contributed by atoms with Crippen LogP contribution in [0.4, 0.5) is 0 Å². The fourth-order valence-corrected chi connectivity index (χ4v) is 3.08. The molecule has 24 heavy (non-hydrogen) atoms. The lowest BCUT2D eigenvalue weighted by Crippen LogP contribution is -2.34. The van der Waals surface area contributed by atoms with Gasteiger partial charge in [0.25, 0.3) is 0 Å². The molecule has 1 amide bonds. The largest absolute Gasteiger partial charge is 0.348 e. The van der Waals surface area contributed by atoms with Crippen LogP contribution in [0.25, 0.3) is 11.3 Å². The van der Waals surface area contributed by atoms with Crippen molar-refractivity contribution in [3.8, 4) is 11.3 Å². The van der Waals surface area contributed by atoms with E-state index in [9.17, 15) is 4.79 Å². The van der Waals surface area contributed by atoms with E-state index in [-0.39, 0.29) is 11.3 Å². The van der Waals surface area contributed by atoms with Crippen LogP contribution < -0.4 is 5.32 Å². The maximum atomic E-state index is 12.6. The molecule has 0 spiro atoms. The number of hydrogen-bond donors (Lipinski definition) is 2. The summed E-state index contributed by atoms with van der Waals surface area (Å²) in [5.74, 6) is 0.859. The van der Waals surface area contributed by atoms with E-state index in [0.717, 1.165) is 35.5 Å². The molecule has 1 aliphatic rings. The molecule has 1 saturated carbocycles. The summed E-state index contributed by atoms with van der Waals surface area (Å²) in [6.45, 7) is 0.417. The topological polar surface area (TPSA) is 57.8 Å². The molecule has 4 nitrogen and oxygen atoms in total. The van der Waals surface area contributed by atoms with Gasteiger partial charge in [-0.25, -0.2) is 4.98 Å². The van der Waals surface area contributed by atoms with Crippen molar-refractivity contribution in [1.82, 2.24) is 15.3 Å². The summed E-state index contributed by atoms with van der Waals surface area (Å²) in [5.41, 5.74) is 2.82. The zero-order valence-corrected chi connectivity index (χ0v) is 13.3. The Hall–Kier alpha value is -2.88. The molecule has 120 valence electrons. The first-order valence-corrected chi connectivity index (χ1v) is 8.21. The number of aromatic nitrogens is 2. The Morgan fingerprint density at radius 3 is 2.38 bits per heavy atom. The van der Waals surface area contributed by atoms with Gasteiger partial charge in [0.1, 0.15) is 5.82 Å². The van der Waals surface area contributed by atoms with Crippen LogP contribution in [0.3, 0.4) is 0 Å². The molecule has 0 saturated heterocycles. The number of nitrogens with one attached hydrogen (secondary N) is 2. The summed E-state index contributed by atoms with van der Waals surface area (Å²) in [6, 6.07) is 20.1. The van der Waals surface area contributed by atoms with Crippen molar-refractivity contribution in [1.29, 1.82) is 0 Å². The molecule has 4 heteroatoms. The van der Waals surface area contributed by atoms with Crippen molar-refractivity contribution in [2.45, 2.75) is 24.8 Å². The average Bonchev–Trinajstić information content (AvgIpc) is 3.33. The van der Waals surface area contributed by atoms with Crippen LogP contribution in [-0.4, -0.2) is 15.9 Å². The Kier molecular flexibility index (Phi) is 3.65. The predicted molar refractivity (Wildman–Crippen MR) is 93.2 cm³/mol. The smallest absolute Gasteiger partial charge is 0.231 e. The summed E-state index contributed by atoms with van der Waals surface area (Å²) in [4.78, 5) is 20.3. The molecule has 0 radical (unpaired) electrons. The minimum atomic E-state index is -0.337. The van der Waals surface area contributed by atoms with E-state index in [0.29, 0.717) is 6.54 Å². The minimum absolute atomic E-state index is 0.0892. The molecule has 0 bridgehead atoms. The molecule has 4 rings (SSSR count). The second kappa shape index (κ2) is 5.96. The highest BCUT2D eigenvalue weighted by molar-refractivity contribution is 5.91. The lowest BCUT2D eigenvalue weighted by molar-refractivity contribution is -0.123. The SMILES string of the molecule is O=C(NCc1ncc(-c2ccccc2)[nH]1)C1(c2ccccc2)CC1. The molecule has 1 fully saturated rings. The van der Waals surface area contributed by atoms with E-state index in [1.165, 1.54) is 0 Å². The third-order valence-electron chi connectivity index (χ3n) is 4.64. The molecule has 3 aromatic rings. The number of imidazole rings is 1. The summed E-state index contributed by atoms with van der Waals surface area (Å²) in [5, 5.41) is 3.03. The van der Waals surface area contributed by atoms with Crippen LogP contribution in [0.5, 0.6) is 0 Å². The van der Waals surface area contributed by atoms with E-state index >= 15 is 0 Å². The first-order valence-electron chi connectivity index (χ1n) is 8.21. The van der Waals surface area contributed by atoms with Gasteiger partial charge in [-0.15, -0.1) is 0 Å². The van der Waals surface area contributed by atoms with Gasteiger partial charge in [0.2, 0.25) is 5.91 Å². The first kappa shape index (κ1) is 14.7. The number of hydrogen-bond acceptors (Lipinski definition) is 2. The number of H-pyrrole nitrogens is 1. The number of carbonyl (C=O) groups excluding carboxylic acids is 1. The maximum absolute atomic E-state index is 12.6. The van der Waals surface area contributed by atoms with Gasteiger partial charge in [-0.05, 0) is 24.0 Å². The normalized spacial score (nSPS) is 15.0. The standard InChI is InChI=1S/C20H19N3O/c24-19(20(11-12-20)16-9-5-2-6-10-16)22-14-18-21-13-17(23-18)15-7-3-1-4-8-15/h1-10,13H,11-12,14H2,(H,21,23)(H,22,24). The second-order valence-electron chi connectivity index (χ2n) is 6.24. The van der Waals surface area contributed by atoms with Crippen LogP contribution >= 0.6 is 0 Å². The maximum Gasteiger partial charge on any atom is 0.231 e. The number of nitrogens with zero attached hydrogens (tertiary/aromatic N) is 1. The van der Waals surface area contributed by atoms with Gasteiger partial charge in [0.05, 0.1) is 23.9 Å². The highest BCUT2D eigenvalue weighted by Crippen LogP contribution is 2.48. The Morgan fingerprint density at radius 2 is 1.71 bits per heavy atom. The van der Waals surface area contributed by atoms with E-state index in [1.54, 1.807) is 6.20 Å². The Balaban J connectivity index is 1.43. The van der Waals surface area contributed by atoms with Crippen molar-refractivity contribution in [3.05, 3.63) is 78.2 Å². The molecular formula is C20H19N3O. The van der Waals surface area contributed by atoms with Gasteiger partial charge in [-0.1, -0.05) is 60.7 Å². The van der Waals surface area contributed by atoms with Crippen LogP contribution in [0.2, 0.25) is 0 Å². The van der Waals surface area contributed by atoms with Crippen LogP contribution in [0.1, 0.15) is 24.2 Å². The van der Waals surface area contributed by atoms with E-state index in [4.69, 9.17) is 0 Å². The van der Waals surface area contributed by atoms with Gasteiger partial charge < -0.3 is 10.3 Å². The fraction of sp³-hybridized carbons (Fsp3) is 0.200. The number of rotatable bonds is 5. The monoisotopic (exact) mass is 317 g/mol. The van der Waals surface area contributed by atoms with E-state index in [2.05, 4.69) is 15.3 Å². The molecule has 1 aliphatic carbocycles. The van der Waals surface area contributed by atoms with Crippen molar-refractivity contribution in [2.24, 2.45) is 0 Å². The zero-order valence-electron chi connectivity index (χ0n) is 13.3. The highest BCUT2D eigenvalue weighted by Gasteiger charge is 2.50. The predicted octanol–water partition coefficient (Wildman–Crippen LogP) is 3.42. The van der Waals surface area contributed by atoms with Crippen LogP contribution in [0.15, 0.2) is 66.9 Å². The first-order chi connectivity index (χ1) is 11.8. The number of aromatic amines is 1. The molecule has 1 aromatic heterocycles. The highest BCUT2D eigenvalue weighted by atomic mass is 16.2. The molecule has 0 aliphatic heterocycles. The summed E-state index contributed by atoms with van der Waals surface area (Å²) in [7, 11) is 0. The average molecular weight is 317 g/mol. The van der Waals surface area contributed by atoms with Crippen LogP contribution in [-0.2, 0) is 16.8 Å². The Bertz CT molecular complexity index is 836. The number of carbonyl (C=O) groups is 1. The minimum Gasteiger partial charge on any atom is -0.348 e. The van der Waals surface area contributed by atoms with Crippen molar-refractivity contribution < 1.29 is 4.79 Å². The third-order valence-corrected chi connectivity index (χ3v) is 4.64. The third kappa shape index (κ3) is 2.71. The molecule has 0 atom stereocenters. The lowest BCUT2D eigenvalue weighted by atomic mass is 9.95. The number of benzene rings is 2. The molecule has 1 heterocycles. The molecule has 0 unspecified atom stereocenters. The Morgan fingerprint density at radius 1 is 1.04 bits per heavy atom. The van der Waals surface area contributed by atoms with Gasteiger partial charge in [-0.3, -0.25) is 4.79 Å². The molecular weight excluding hydrogens is 298 g/mol. The molecule has 2 N–H and O–H groups in total. The second-order valence-corrected chi connectivity index (χ2v) is 6.24. The van der Waals surface area contributed by atoms with Crippen LogP contribution in [0, 0.1) is 0 Å². The Labute approximate surface area is 141 Å². The van der Waals surface area contributed by atoms with Crippen molar-refractivity contribution in [3.63, 3.8) is 0 Å². The van der Waals surface area contributed by atoms with Gasteiger partial charge >= 0.3 is 0 Å². The summed E-state index contributed by atoms with van der Waals surface area (Å²) < 4.78 is 0. The summed E-state index contributed by atoms with van der Waals surface area (Å²) in [6.07, 6.45) is 3.63. The van der Waals surface area contributed by atoms with E-state index in [1.807, 2.05) is 60.7 Å². The fourth-order valence-electron chi connectivity index (χ4n) is 3.08. The van der Waals surface area contributed by atoms with Gasteiger partial charge in [0, 0.05) is 0 Å².